The maximum absolute atomic E-state index is 13.2. The summed E-state index contributed by atoms with van der Waals surface area (Å²) in [6, 6.07) is 18.4. The summed E-state index contributed by atoms with van der Waals surface area (Å²) in [5, 5.41) is 3.10. The molecule has 4 rings (SSSR count). The monoisotopic (exact) mass is 418 g/mol. The van der Waals surface area contributed by atoms with Crippen LogP contribution in [0.25, 0.3) is 11.4 Å². The van der Waals surface area contributed by atoms with E-state index in [-0.39, 0.29) is 17.6 Å². The Morgan fingerprint density at radius 3 is 2.71 bits per heavy atom. The van der Waals surface area contributed by atoms with E-state index in [1.54, 1.807) is 18.3 Å². The summed E-state index contributed by atoms with van der Waals surface area (Å²) in [4.78, 5) is 23.8. The lowest BCUT2D eigenvalue weighted by atomic mass is 9.97. The Labute approximate surface area is 182 Å². The molecular weight excluding hydrogens is 391 g/mol. The van der Waals surface area contributed by atoms with E-state index in [0.29, 0.717) is 18.9 Å². The van der Waals surface area contributed by atoms with Crippen LogP contribution in [-0.4, -0.2) is 35.5 Å². The molecule has 1 unspecified atom stereocenters. The van der Waals surface area contributed by atoms with Gasteiger partial charge in [-0.2, -0.15) is 0 Å². The molecule has 6 heteroatoms. The van der Waals surface area contributed by atoms with Crippen molar-refractivity contribution in [3.05, 3.63) is 78.2 Å². The second-order valence-electron chi connectivity index (χ2n) is 7.91. The quantitative estimate of drug-likeness (QED) is 0.583. The molecule has 1 aliphatic rings. The summed E-state index contributed by atoms with van der Waals surface area (Å²) < 4.78 is 13.2. The highest BCUT2D eigenvalue weighted by Crippen LogP contribution is 2.24. The number of nitrogens with one attached hydrogen (secondary N) is 1. The first-order chi connectivity index (χ1) is 15.2. The third kappa shape index (κ3) is 5.66. The molecule has 2 heterocycles. The molecule has 3 aromatic rings. The van der Waals surface area contributed by atoms with E-state index in [1.165, 1.54) is 17.7 Å². The van der Waals surface area contributed by atoms with Crippen LogP contribution in [0.15, 0.2) is 66.9 Å². The van der Waals surface area contributed by atoms with Gasteiger partial charge in [0.1, 0.15) is 11.6 Å². The van der Waals surface area contributed by atoms with Gasteiger partial charge >= 0.3 is 0 Å². The maximum atomic E-state index is 13.2. The fraction of sp³-hybridized carbons (Fsp3) is 0.320. The second-order valence-corrected chi connectivity index (χ2v) is 7.91. The predicted octanol–water partition coefficient (Wildman–Crippen LogP) is 4.25. The van der Waals surface area contributed by atoms with Crippen molar-refractivity contribution in [1.82, 2.24) is 15.3 Å². The molecule has 0 radical (unpaired) electrons. The number of aryl methyl sites for hydroxylation is 1. The summed E-state index contributed by atoms with van der Waals surface area (Å²) >= 11 is 0. The van der Waals surface area contributed by atoms with Crippen LogP contribution in [0.4, 0.5) is 10.2 Å². The molecule has 1 aromatic heterocycles. The third-order valence-electron chi connectivity index (χ3n) is 5.64. The lowest BCUT2D eigenvalue weighted by Gasteiger charge is -2.33. The molecule has 2 aromatic carbocycles. The average Bonchev–Trinajstić information content (AvgIpc) is 2.83. The van der Waals surface area contributed by atoms with Gasteiger partial charge in [-0.05, 0) is 61.6 Å². The number of carbonyl (C=O) groups excluding carboxylic acids is 1. The van der Waals surface area contributed by atoms with Gasteiger partial charge in [-0.1, -0.05) is 30.3 Å². The Bertz CT molecular complexity index is 994. The number of rotatable bonds is 7. The van der Waals surface area contributed by atoms with E-state index in [0.717, 1.165) is 43.6 Å². The number of anilines is 1. The molecule has 0 saturated carbocycles. The molecule has 160 valence electrons. The fourth-order valence-corrected chi connectivity index (χ4v) is 3.96. The Hall–Kier alpha value is -3.28. The highest BCUT2D eigenvalue weighted by Gasteiger charge is 2.26. The molecule has 1 aliphatic heterocycles. The number of hydrogen-bond acceptors (Lipinski definition) is 4. The van der Waals surface area contributed by atoms with Crippen LogP contribution in [0, 0.1) is 11.7 Å². The largest absolute Gasteiger partial charge is 0.356 e. The number of carbonyl (C=O) groups is 1. The number of nitrogens with zero attached hydrogens (tertiary/aromatic N) is 3. The maximum Gasteiger partial charge on any atom is 0.224 e. The third-order valence-corrected chi connectivity index (χ3v) is 5.64. The van der Waals surface area contributed by atoms with Crippen molar-refractivity contribution in [3.63, 3.8) is 0 Å². The second kappa shape index (κ2) is 10.2. The van der Waals surface area contributed by atoms with Gasteiger partial charge in [0.25, 0.3) is 0 Å². The van der Waals surface area contributed by atoms with Gasteiger partial charge in [-0.3, -0.25) is 4.79 Å². The van der Waals surface area contributed by atoms with E-state index in [9.17, 15) is 9.18 Å². The summed E-state index contributed by atoms with van der Waals surface area (Å²) in [6.07, 6.45) is 5.44. The van der Waals surface area contributed by atoms with Gasteiger partial charge < -0.3 is 10.2 Å². The van der Waals surface area contributed by atoms with E-state index < -0.39 is 0 Å². The molecule has 1 fully saturated rings. The Kier molecular flexibility index (Phi) is 6.87. The Morgan fingerprint density at radius 2 is 1.90 bits per heavy atom. The first-order valence-electron chi connectivity index (χ1n) is 10.8. The smallest absolute Gasteiger partial charge is 0.224 e. The van der Waals surface area contributed by atoms with Gasteiger partial charge in [-0.25, -0.2) is 14.4 Å². The van der Waals surface area contributed by atoms with Gasteiger partial charge in [0.2, 0.25) is 5.91 Å². The number of piperidine rings is 1. The van der Waals surface area contributed by atoms with Crippen LogP contribution in [0.2, 0.25) is 0 Å². The van der Waals surface area contributed by atoms with Crippen LogP contribution < -0.4 is 10.2 Å². The molecule has 0 bridgehead atoms. The SMILES string of the molecule is O=C(NCCCc1ccccc1)C1CCCN(c2ccnc(-c3ccc(F)cc3)n2)C1. The van der Waals surface area contributed by atoms with Crippen LogP contribution >= 0.6 is 0 Å². The summed E-state index contributed by atoms with van der Waals surface area (Å²) in [5.41, 5.74) is 2.06. The molecule has 1 N–H and O–H groups in total. The van der Waals surface area contributed by atoms with Crippen LogP contribution in [0.3, 0.4) is 0 Å². The van der Waals surface area contributed by atoms with Crippen molar-refractivity contribution in [3.8, 4) is 11.4 Å². The Morgan fingerprint density at radius 1 is 1.10 bits per heavy atom. The predicted molar refractivity (Wildman–Crippen MR) is 120 cm³/mol. The number of hydrogen-bond donors (Lipinski definition) is 1. The summed E-state index contributed by atoms with van der Waals surface area (Å²) in [6.45, 7) is 2.19. The van der Waals surface area contributed by atoms with Gasteiger partial charge in [0.05, 0.1) is 5.92 Å². The Balaban J connectivity index is 1.32. The molecule has 5 nitrogen and oxygen atoms in total. The lowest BCUT2D eigenvalue weighted by Crippen LogP contribution is -2.43. The standard InChI is InChI=1S/C25H27FN4O/c26-22-12-10-20(11-13-22)24-27-16-14-23(29-24)30-17-5-9-21(18-30)25(31)28-15-4-8-19-6-2-1-3-7-19/h1-3,6-7,10-14,16,21H,4-5,8-9,15,17-18H2,(H,28,31). The minimum atomic E-state index is -0.284. The first-order valence-corrected chi connectivity index (χ1v) is 10.8. The molecule has 0 aliphatic carbocycles. The summed E-state index contributed by atoms with van der Waals surface area (Å²) in [5.74, 6) is 1.15. The summed E-state index contributed by atoms with van der Waals surface area (Å²) in [7, 11) is 0. The van der Waals surface area contributed by atoms with Crippen LogP contribution in [-0.2, 0) is 11.2 Å². The molecule has 1 atom stereocenters. The van der Waals surface area contributed by atoms with Crippen molar-refractivity contribution < 1.29 is 9.18 Å². The zero-order valence-electron chi connectivity index (χ0n) is 17.5. The fourth-order valence-electron chi connectivity index (χ4n) is 3.96. The number of amides is 1. The van der Waals surface area contributed by atoms with E-state index in [4.69, 9.17) is 0 Å². The van der Waals surface area contributed by atoms with Crippen LogP contribution in [0.1, 0.15) is 24.8 Å². The zero-order valence-corrected chi connectivity index (χ0v) is 17.5. The van der Waals surface area contributed by atoms with Gasteiger partial charge in [-0.15, -0.1) is 0 Å². The number of halogens is 1. The topological polar surface area (TPSA) is 58.1 Å². The van der Waals surface area contributed by atoms with Crippen molar-refractivity contribution >= 4 is 11.7 Å². The van der Waals surface area contributed by atoms with Crippen molar-refractivity contribution in [2.45, 2.75) is 25.7 Å². The lowest BCUT2D eigenvalue weighted by molar-refractivity contribution is -0.125. The van der Waals surface area contributed by atoms with E-state index in [1.807, 2.05) is 24.3 Å². The molecule has 0 spiro atoms. The van der Waals surface area contributed by atoms with E-state index >= 15 is 0 Å². The van der Waals surface area contributed by atoms with Gasteiger partial charge in [0.15, 0.2) is 5.82 Å². The molecule has 31 heavy (non-hydrogen) atoms. The number of benzene rings is 2. The normalized spacial score (nSPS) is 16.2. The van der Waals surface area contributed by atoms with Gasteiger partial charge in [0, 0.05) is 31.4 Å². The highest BCUT2D eigenvalue weighted by molar-refractivity contribution is 5.79. The average molecular weight is 419 g/mol. The first kappa shape index (κ1) is 21.0. The number of aromatic nitrogens is 2. The van der Waals surface area contributed by atoms with Crippen molar-refractivity contribution in [2.24, 2.45) is 5.92 Å². The van der Waals surface area contributed by atoms with Crippen molar-refractivity contribution in [1.29, 1.82) is 0 Å². The van der Waals surface area contributed by atoms with Crippen LogP contribution in [0.5, 0.6) is 0 Å². The van der Waals surface area contributed by atoms with E-state index in [2.05, 4.69) is 32.3 Å². The molecule has 1 saturated heterocycles. The molecule has 1 amide bonds. The highest BCUT2D eigenvalue weighted by atomic mass is 19.1. The minimum Gasteiger partial charge on any atom is -0.356 e. The zero-order chi connectivity index (χ0) is 21.5. The molecular formula is C25H27FN4O. The van der Waals surface area contributed by atoms with Crippen molar-refractivity contribution in [2.75, 3.05) is 24.5 Å². The minimum absolute atomic E-state index is 0.0466.